The van der Waals surface area contributed by atoms with E-state index in [0.29, 0.717) is 17.2 Å². The molecule has 0 spiro atoms. The maximum atomic E-state index is 11.5. The second kappa shape index (κ2) is 6.43. The van der Waals surface area contributed by atoms with Crippen molar-refractivity contribution >= 4 is 17.3 Å². The highest BCUT2D eigenvalue weighted by atomic mass is 16.5. The number of ether oxygens (including phenoxy) is 1. The van der Waals surface area contributed by atoms with E-state index in [1.54, 1.807) is 19.2 Å². The number of carbonyl (C=O) groups excluding carboxylic acids is 1. The average Bonchev–Trinajstić information content (AvgIpc) is 2.46. The molecule has 0 aromatic heterocycles. The van der Waals surface area contributed by atoms with E-state index in [1.165, 1.54) is 0 Å². The molecule has 1 amide bonds. The minimum atomic E-state index is -0.123. The molecule has 0 atom stereocenters. The molecule has 1 fully saturated rings. The van der Waals surface area contributed by atoms with Crippen LogP contribution in [0.15, 0.2) is 18.2 Å². The standard InChI is InChI=1S/C14H21N3O2/c1-16-14(18)11-2-3-13(12(15)8-11)17-9-10-4-6-19-7-5-10/h2-3,8,10,17H,4-7,9,15H2,1H3,(H,16,18). The van der Waals surface area contributed by atoms with Crippen LogP contribution in [0.5, 0.6) is 0 Å². The Bertz CT molecular complexity index is 442. The Morgan fingerprint density at radius 1 is 1.42 bits per heavy atom. The van der Waals surface area contributed by atoms with Crippen LogP contribution in [-0.2, 0) is 4.74 Å². The van der Waals surface area contributed by atoms with E-state index in [4.69, 9.17) is 10.5 Å². The first kappa shape index (κ1) is 13.7. The Labute approximate surface area is 113 Å². The lowest BCUT2D eigenvalue weighted by atomic mass is 10.0. The molecular weight excluding hydrogens is 242 g/mol. The van der Waals surface area contributed by atoms with Crippen molar-refractivity contribution in [2.24, 2.45) is 5.92 Å². The van der Waals surface area contributed by atoms with Gasteiger partial charge in [0.05, 0.1) is 11.4 Å². The van der Waals surface area contributed by atoms with Gasteiger partial charge in [-0.2, -0.15) is 0 Å². The van der Waals surface area contributed by atoms with Crippen LogP contribution in [-0.4, -0.2) is 32.7 Å². The van der Waals surface area contributed by atoms with Gasteiger partial charge in [0.25, 0.3) is 5.91 Å². The highest BCUT2D eigenvalue weighted by molar-refractivity contribution is 5.95. The molecule has 0 bridgehead atoms. The summed E-state index contributed by atoms with van der Waals surface area (Å²) in [5, 5.41) is 5.94. The van der Waals surface area contributed by atoms with Gasteiger partial charge < -0.3 is 21.1 Å². The lowest BCUT2D eigenvalue weighted by Crippen LogP contribution is -2.23. The van der Waals surface area contributed by atoms with E-state index < -0.39 is 0 Å². The van der Waals surface area contributed by atoms with Crippen molar-refractivity contribution in [1.82, 2.24) is 5.32 Å². The van der Waals surface area contributed by atoms with Gasteiger partial charge in [-0.1, -0.05) is 0 Å². The second-order valence-electron chi connectivity index (χ2n) is 4.82. The number of hydrogen-bond acceptors (Lipinski definition) is 4. The molecule has 19 heavy (non-hydrogen) atoms. The molecule has 1 aromatic rings. The minimum absolute atomic E-state index is 0.123. The molecule has 0 radical (unpaired) electrons. The van der Waals surface area contributed by atoms with Crippen molar-refractivity contribution in [3.05, 3.63) is 23.8 Å². The predicted molar refractivity (Wildman–Crippen MR) is 76.3 cm³/mol. The second-order valence-corrected chi connectivity index (χ2v) is 4.82. The topological polar surface area (TPSA) is 76.4 Å². The Morgan fingerprint density at radius 2 is 2.16 bits per heavy atom. The van der Waals surface area contributed by atoms with E-state index in [0.717, 1.165) is 38.3 Å². The largest absolute Gasteiger partial charge is 0.397 e. The third kappa shape index (κ3) is 3.61. The molecule has 5 heteroatoms. The maximum absolute atomic E-state index is 11.5. The number of amides is 1. The summed E-state index contributed by atoms with van der Waals surface area (Å²) in [4.78, 5) is 11.5. The summed E-state index contributed by atoms with van der Waals surface area (Å²) in [5.41, 5.74) is 8.04. The molecule has 1 aliphatic rings. The van der Waals surface area contributed by atoms with Crippen LogP contribution in [0.25, 0.3) is 0 Å². The van der Waals surface area contributed by atoms with Gasteiger partial charge in [-0.3, -0.25) is 4.79 Å². The Hall–Kier alpha value is -1.75. The van der Waals surface area contributed by atoms with Crippen molar-refractivity contribution in [1.29, 1.82) is 0 Å². The van der Waals surface area contributed by atoms with Crippen molar-refractivity contribution < 1.29 is 9.53 Å². The van der Waals surface area contributed by atoms with Crippen molar-refractivity contribution in [2.45, 2.75) is 12.8 Å². The van der Waals surface area contributed by atoms with Crippen molar-refractivity contribution in [2.75, 3.05) is 37.9 Å². The quantitative estimate of drug-likeness (QED) is 0.719. The smallest absolute Gasteiger partial charge is 0.251 e. The van der Waals surface area contributed by atoms with Crippen LogP contribution in [0.2, 0.25) is 0 Å². The summed E-state index contributed by atoms with van der Waals surface area (Å²) < 4.78 is 5.33. The first-order chi connectivity index (χ1) is 9.20. The fourth-order valence-corrected chi connectivity index (χ4v) is 2.21. The van der Waals surface area contributed by atoms with Crippen LogP contribution in [0.4, 0.5) is 11.4 Å². The molecule has 0 unspecified atom stereocenters. The molecule has 2 rings (SSSR count). The number of rotatable bonds is 4. The molecule has 4 N–H and O–H groups in total. The highest BCUT2D eigenvalue weighted by Gasteiger charge is 2.14. The van der Waals surface area contributed by atoms with E-state index in [-0.39, 0.29) is 5.91 Å². The van der Waals surface area contributed by atoms with Gasteiger partial charge >= 0.3 is 0 Å². The molecule has 1 aliphatic heterocycles. The molecule has 0 aliphatic carbocycles. The number of nitrogens with two attached hydrogens (primary N) is 1. The van der Waals surface area contributed by atoms with Crippen LogP contribution in [0.1, 0.15) is 23.2 Å². The fraction of sp³-hybridized carbons (Fsp3) is 0.500. The van der Waals surface area contributed by atoms with E-state index in [9.17, 15) is 4.79 Å². The van der Waals surface area contributed by atoms with Gasteiger partial charge in [-0.05, 0) is 37.0 Å². The summed E-state index contributed by atoms with van der Waals surface area (Å²) in [6.45, 7) is 2.59. The number of anilines is 2. The number of nitrogens with one attached hydrogen (secondary N) is 2. The van der Waals surface area contributed by atoms with Crippen LogP contribution < -0.4 is 16.4 Å². The third-order valence-electron chi connectivity index (χ3n) is 3.46. The van der Waals surface area contributed by atoms with E-state index in [1.807, 2.05) is 6.07 Å². The average molecular weight is 263 g/mol. The summed E-state index contributed by atoms with van der Waals surface area (Å²) in [7, 11) is 1.61. The molecule has 1 aromatic carbocycles. The molecule has 1 saturated heterocycles. The SMILES string of the molecule is CNC(=O)c1ccc(NCC2CCOCC2)c(N)c1. The maximum Gasteiger partial charge on any atom is 0.251 e. The van der Waals surface area contributed by atoms with Gasteiger partial charge in [-0.15, -0.1) is 0 Å². The van der Waals surface area contributed by atoms with Gasteiger partial charge in [0.15, 0.2) is 0 Å². The fourth-order valence-electron chi connectivity index (χ4n) is 2.21. The lowest BCUT2D eigenvalue weighted by molar-refractivity contribution is 0.0699. The number of hydrogen-bond donors (Lipinski definition) is 3. The third-order valence-corrected chi connectivity index (χ3v) is 3.46. The number of carbonyl (C=O) groups is 1. The molecular formula is C14H21N3O2. The summed E-state index contributed by atoms with van der Waals surface area (Å²) in [6, 6.07) is 5.34. The lowest BCUT2D eigenvalue weighted by Gasteiger charge is -2.23. The zero-order valence-corrected chi connectivity index (χ0v) is 11.2. The Kier molecular flexibility index (Phi) is 4.63. The van der Waals surface area contributed by atoms with Gasteiger partial charge in [0.1, 0.15) is 0 Å². The van der Waals surface area contributed by atoms with Gasteiger partial charge in [0, 0.05) is 32.4 Å². The molecule has 104 valence electrons. The Morgan fingerprint density at radius 3 is 2.79 bits per heavy atom. The predicted octanol–water partition coefficient (Wildman–Crippen LogP) is 1.47. The van der Waals surface area contributed by atoms with E-state index in [2.05, 4.69) is 10.6 Å². The molecule has 0 saturated carbocycles. The van der Waals surface area contributed by atoms with Crippen LogP contribution in [0, 0.1) is 5.92 Å². The monoisotopic (exact) mass is 263 g/mol. The number of nitrogen functional groups attached to an aromatic ring is 1. The van der Waals surface area contributed by atoms with Crippen LogP contribution >= 0.6 is 0 Å². The summed E-state index contributed by atoms with van der Waals surface area (Å²) in [6.07, 6.45) is 2.17. The minimum Gasteiger partial charge on any atom is -0.397 e. The summed E-state index contributed by atoms with van der Waals surface area (Å²) >= 11 is 0. The van der Waals surface area contributed by atoms with Gasteiger partial charge in [0.2, 0.25) is 0 Å². The van der Waals surface area contributed by atoms with Crippen molar-refractivity contribution in [3.8, 4) is 0 Å². The summed E-state index contributed by atoms with van der Waals surface area (Å²) in [5.74, 6) is 0.509. The van der Waals surface area contributed by atoms with Gasteiger partial charge in [-0.25, -0.2) is 0 Å². The van der Waals surface area contributed by atoms with Crippen LogP contribution in [0.3, 0.4) is 0 Å². The first-order valence-corrected chi connectivity index (χ1v) is 6.64. The van der Waals surface area contributed by atoms with Crippen molar-refractivity contribution in [3.63, 3.8) is 0 Å². The zero-order chi connectivity index (χ0) is 13.7. The zero-order valence-electron chi connectivity index (χ0n) is 11.2. The first-order valence-electron chi connectivity index (χ1n) is 6.64. The number of benzene rings is 1. The highest BCUT2D eigenvalue weighted by Crippen LogP contribution is 2.22. The Balaban J connectivity index is 1.95. The molecule has 1 heterocycles. The van der Waals surface area contributed by atoms with E-state index >= 15 is 0 Å². The molecule has 5 nitrogen and oxygen atoms in total. The normalized spacial score (nSPS) is 16.1.